The van der Waals surface area contributed by atoms with Gasteiger partial charge < -0.3 is 0 Å². The highest BCUT2D eigenvalue weighted by atomic mass is 32.2. The molecule has 92 valence electrons. The second kappa shape index (κ2) is 5.21. The van der Waals surface area contributed by atoms with E-state index in [1.807, 2.05) is 0 Å². The van der Waals surface area contributed by atoms with Gasteiger partial charge in [0.05, 0.1) is 6.26 Å². The quantitative estimate of drug-likeness (QED) is 0.337. The first-order valence-electron chi connectivity index (χ1n) is 3.45. The van der Waals surface area contributed by atoms with Gasteiger partial charge in [-0.25, -0.2) is 22.0 Å². The van der Waals surface area contributed by atoms with Gasteiger partial charge in [0, 0.05) is 6.07 Å². The molecule has 0 saturated heterocycles. The van der Waals surface area contributed by atoms with Crippen molar-refractivity contribution in [2.24, 2.45) is 0 Å². The van der Waals surface area contributed by atoms with Gasteiger partial charge in [0.15, 0.2) is 23.3 Å². The summed E-state index contributed by atoms with van der Waals surface area (Å²) >= 11 is 0. The molecular weight excluding hydrogens is 259 g/mol. The van der Waals surface area contributed by atoms with Crippen LogP contribution in [0.25, 0.3) is 0 Å². The van der Waals surface area contributed by atoms with Gasteiger partial charge in [-0.3, -0.25) is 4.55 Å². The first-order valence-corrected chi connectivity index (χ1v) is 5.29. The Kier molecular flexibility index (Phi) is 4.81. The van der Waals surface area contributed by atoms with Crippen LogP contribution in [0.2, 0.25) is 0 Å². The summed E-state index contributed by atoms with van der Waals surface area (Å²) in [7, 11) is -3.67. The fourth-order valence-electron chi connectivity index (χ4n) is 0.544. The van der Waals surface area contributed by atoms with Gasteiger partial charge in [-0.2, -0.15) is 8.42 Å². The Morgan fingerprint density at radius 1 is 0.938 bits per heavy atom. The molecule has 0 unspecified atom stereocenters. The minimum absolute atomic E-state index is 0.0618. The van der Waals surface area contributed by atoms with E-state index >= 15 is 0 Å². The fraction of sp³-hybridized carbons (Fsp3) is 0.143. The molecule has 0 spiro atoms. The molecule has 0 saturated carbocycles. The molecule has 0 aliphatic carbocycles. The summed E-state index contributed by atoms with van der Waals surface area (Å²) in [5, 5.41) is 0. The largest absolute Gasteiger partial charge is 0.286 e. The fourth-order valence-corrected chi connectivity index (χ4v) is 0.544. The second-order valence-electron chi connectivity index (χ2n) is 2.52. The average Bonchev–Trinajstić information content (AvgIpc) is 2.09. The molecule has 0 aliphatic rings. The highest BCUT2D eigenvalue weighted by Crippen LogP contribution is 2.16. The maximum atomic E-state index is 12.0. The Hall–Kier alpha value is -1.22. The van der Waals surface area contributed by atoms with Crippen molar-refractivity contribution in [2.45, 2.75) is 0 Å². The van der Waals surface area contributed by atoms with Crippen LogP contribution >= 0.6 is 0 Å². The van der Waals surface area contributed by atoms with Crippen LogP contribution < -0.4 is 0 Å². The van der Waals surface area contributed by atoms with Crippen molar-refractivity contribution in [1.82, 2.24) is 0 Å². The molecule has 0 bridgehead atoms. The third-order valence-electron chi connectivity index (χ3n) is 1.06. The van der Waals surface area contributed by atoms with E-state index in [-0.39, 0.29) is 6.07 Å². The van der Waals surface area contributed by atoms with Crippen LogP contribution in [0.5, 0.6) is 0 Å². The van der Waals surface area contributed by atoms with Gasteiger partial charge in [0.1, 0.15) is 0 Å². The van der Waals surface area contributed by atoms with E-state index in [1.165, 1.54) is 0 Å². The summed E-state index contributed by atoms with van der Waals surface area (Å²) in [6.45, 7) is 0. The number of hydrogen-bond donors (Lipinski definition) is 1. The van der Waals surface area contributed by atoms with E-state index in [0.29, 0.717) is 6.26 Å². The molecule has 0 amide bonds. The lowest BCUT2D eigenvalue weighted by Crippen LogP contribution is -1.98. The first-order chi connectivity index (χ1) is 7.04. The van der Waals surface area contributed by atoms with Crippen molar-refractivity contribution in [2.75, 3.05) is 6.26 Å². The predicted octanol–water partition coefficient (Wildman–Crippen LogP) is 1.89. The lowest BCUT2D eigenvalue weighted by molar-refractivity contribution is 0.378. The van der Waals surface area contributed by atoms with Crippen LogP contribution in [-0.4, -0.2) is 19.2 Å². The normalized spacial score (nSPS) is 10.7. The van der Waals surface area contributed by atoms with E-state index in [9.17, 15) is 30.4 Å². The summed E-state index contributed by atoms with van der Waals surface area (Å²) in [5.74, 6) is -9.65. The molecule has 16 heavy (non-hydrogen) atoms. The molecule has 3 nitrogen and oxygen atoms in total. The SMILES string of the molecule is CS(=O)(=O)O.Fc1cc(F)c(F)c(F)c1F. The Balaban J connectivity index is 0.000000385. The van der Waals surface area contributed by atoms with Gasteiger partial charge in [-0.1, -0.05) is 0 Å². The van der Waals surface area contributed by atoms with Crippen LogP contribution in [0.15, 0.2) is 6.07 Å². The lowest BCUT2D eigenvalue weighted by Gasteiger charge is -1.96. The van der Waals surface area contributed by atoms with Crippen molar-refractivity contribution in [3.05, 3.63) is 35.2 Å². The topological polar surface area (TPSA) is 54.4 Å². The van der Waals surface area contributed by atoms with Gasteiger partial charge in [-0.05, 0) is 0 Å². The third-order valence-corrected chi connectivity index (χ3v) is 1.06. The van der Waals surface area contributed by atoms with E-state index in [4.69, 9.17) is 4.55 Å². The minimum Gasteiger partial charge on any atom is -0.286 e. The summed E-state index contributed by atoms with van der Waals surface area (Å²) in [6.07, 6.45) is 0.715. The molecular formula is C7H5F5O3S. The van der Waals surface area contributed by atoms with Crippen LogP contribution in [0.1, 0.15) is 0 Å². The maximum absolute atomic E-state index is 12.0. The van der Waals surface area contributed by atoms with E-state index < -0.39 is 39.2 Å². The number of halogens is 5. The third kappa shape index (κ3) is 5.03. The number of rotatable bonds is 0. The Morgan fingerprint density at radius 2 is 1.19 bits per heavy atom. The minimum atomic E-state index is -3.67. The average molecular weight is 264 g/mol. The zero-order chi connectivity index (χ0) is 13.1. The highest BCUT2D eigenvalue weighted by molar-refractivity contribution is 7.85. The smallest absolute Gasteiger partial charge is 0.261 e. The number of hydrogen-bond acceptors (Lipinski definition) is 2. The highest BCUT2D eigenvalue weighted by Gasteiger charge is 2.18. The zero-order valence-electron chi connectivity index (χ0n) is 7.64. The Labute approximate surface area is 87.3 Å². The van der Waals surface area contributed by atoms with Gasteiger partial charge >= 0.3 is 0 Å². The van der Waals surface area contributed by atoms with E-state index in [1.54, 1.807) is 0 Å². The molecule has 0 heterocycles. The molecule has 0 fully saturated rings. The maximum Gasteiger partial charge on any atom is 0.261 e. The van der Waals surface area contributed by atoms with Crippen LogP contribution in [0.4, 0.5) is 22.0 Å². The van der Waals surface area contributed by atoms with Crippen molar-refractivity contribution < 1.29 is 34.9 Å². The van der Waals surface area contributed by atoms with Crippen molar-refractivity contribution in [1.29, 1.82) is 0 Å². The van der Waals surface area contributed by atoms with Gasteiger partial charge in [-0.15, -0.1) is 0 Å². The van der Waals surface area contributed by atoms with Gasteiger partial charge in [0.2, 0.25) is 5.82 Å². The molecule has 0 radical (unpaired) electrons. The molecule has 0 aliphatic heterocycles. The first kappa shape index (κ1) is 14.8. The molecule has 0 atom stereocenters. The molecule has 9 heteroatoms. The zero-order valence-corrected chi connectivity index (χ0v) is 8.46. The molecule has 1 rings (SSSR count). The van der Waals surface area contributed by atoms with Crippen LogP contribution in [-0.2, 0) is 10.1 Å². The Bertz CT molecular complexity index is 451. The summed E-state index contributed by atoms with van der Waals surface area (Å²) < 4.78 is 85.9. The molecule has 0 aromatic heterocycles. The molecule has 1 aromatic rings. The van der Waals surface area contributed by atoms with Gasteiger partial charge in [0.25, 0.3) is 10.1 Å². The van der Waals surface area contributed by atoms with Crippen molar-refractivity contribution >= 4 is 10.1 Å². The second-order valence-corrected chi connectivity index (χ2v) is 3.98. The van der Waals surface area contributed by atoms with E-state index in [0.717, 1.165) is 0 Å². The Morgan fingerprint density at radius 3 is 1.44 bits per heavy atom. The number of benzene rings is 1. The molecule has 1 aromatic carbocycles. The summed E-state index contributed by atoms with van der Waals surface area (Å²) in [4.78, 5) is 0. The standard InChI is InChI=1S/C6HF5.CH4O3S/c7-2-1-3(8)5(10)6(11)4(2)9;1-5(2,3)4/h1H;1H3,(H,2,3,4). The summed E-state index contributed by atoms with van der Waals surface area (Å²) in [6, 6.07) is -0.0618. The predicted molar refractivity (Wildman–Crippen MR) is 43.7 cm³/mol. The van der Waals surface area contributed by atoms with Crippen molar-refractivity contribution in [3.63, 3.8) is 0 Å². The monoisotopic (exact) mass is 264 g/mol. The van der Waals surface area contributed by atoms with Crippen LogP contribution in [0, 0.1) is 29.1 Å². The van der Waals surface area contributed by atoms with E-state index in [2.05, 4.69) is 0 Å². The van der Waals surface area contributed by atoms with Crippen LogP contribution in [0.3, 0.4) is 0 Å². The summed E-state index contributed by atoms with van der Waals surface area (Å²) in [5.41, 5.74) is 0. The molecule has 1 N–H and O–H groups in total. The lowest BCUT2D eigenvalue weighted by atomic mass is 10.3. The van der Waals surface area contributed by atoms with Crippen molar-refractivity contribution in [3.8, 4) is 0 Å².